The Hall–Kier alpha value is -4.82. The normalized spacial score (nSPS) is 22.6. The molecule has 13 nitrogen and oxygen atoms in total. The zero-order valence-corrected chi connectivity index (χ0v) is 30.8. The molecule has 3 aromatic rings. The molecule has 13 heteroatoms. The van der Waals surface area contributed by atoms with Crippen LogP contribution in [-0.2, 0) is 33.5 Å². The highest BCUT2D eigenvalue weighted by Gasteiger charge is 2.56. The second-order valence-electron chi connectivity index (χ2n) is 13.9. The van der Waals surface area contributed by atoms with Gasteiger partial charge in [-0.3, -0.25) is 14.6 Å². The number of methoxy groups -OCH3 is 2. The maximum atomic E-state index is 13.5. The number of carbonyl (C=O) groups is 2. The molecule has 2 N–H and O–H groups in total. The fraction of sp³-hybridized carbons (Fsp3) is 0.450. The lowest BCUT2D eigenvalue weighted by molar-refractivity contribution is -0.172. The van der Waals surface area contributed by atoms with Crippen molar-refractivity contribution in [3.8, 4) is 28.7 Å². The molecule has 7 rings (SSSR count). The van der Waals surface area contributed by atoms with Crippen molar-refractivity contribution in [2.75, 3.05) is 48.0 Å². The Labute approximate surface area is 309 Å². The van der Waals surface area contributed by atoms with Gasteiger partial charge in [0.1, 0.15) is 18.6 Å². The van der Waals surface area contributed by atoms with Gasteiger partial charge in [-0.15, -0.1) is 0 Å². The van der Waals surface area contributed by atoms with E-state index in [1.165, 1.54) is 6.08 Å². The molecule has 1 fully saturated rings. The third-order valence-electron chi connectivity index (χ3n) is 10.9. The third kappa shape index (κ3) is 6.56. The van der Waals surface area contributed by atoms with Gasteiger partial charge in [0.2, 0.25) is 12.7 Å². The van der Waals surface area contributed by atoms with Gasteiger partial charge in [-0.1, -0.05) is 49.1 Å². The fourth-order valence-electron chi connectivity index (χ4n) is 8.66. The second kappa shape index (κ2) is 15.3. The van der Waals surface area contributed by atoms with Gasteiger partial charge in [0.05, 0.1) is 25.2 Å². The van der Waals surface area contributed by atoms with Crippen LogP contribution in [0.25, 0.3) is 0 Å². The zero-order chi connectivity index (χ0) is 37.4. The predicted octanol–water partition coefficient (Wildman–Crippen LogP) is 4.67. The van der Waals surface area contributed by atoms with Gasteiger partial charge in [0, 0.05) is 48.4 Å². The first-order valence-corrected chi connectivity index (χ1v) is 17.9. The average Bonchev–Trinajstić information content (AvgIpc) is 3.65. The van der Waals surface area contributed by atoms with E-state index in [1.807, 2.05) is 51.2 Å². The number of hydrogen-bond acceptors (Lipinski definition) is 12. The molecular formula is C40H47N3O10. The van der Waals surface area contributed by atoms with E-state index in [-0.39, 0.29) is 51.1 Å². The van der Waals surface area contributed by atoms with Gasteiger partial charge >= 0.3 is 6.16 Å². The molecule has 3 aromatic carbocycles. The van der Waals surface area contributed by atoms with Gasteiger partial charge < -0.3 is 43.6 Å². The van der Waals surface area contributed by atoms with Crippen molar-refractivity contribution in [1.82, 2.24) is 15.1 Å². The highest BCUT2D eigenvalue weighted by Crippen LogP contribution is 2.58. The van der Waals surface area contributed by atoms with Gasteiger partial charge in [-0.2, -0.15) is 0 Å². The first-order valence-electron chi connectivity index (χ1n) is 17.9. The van der Waals surface area contributed by atoms with Crippen LogP contribution in [0.2, 0.25) is 0 Å². The topological polar surface area (TPSA) is 137 Å². The van der Waals surface area contributed by atoms with Crippen molar-refractivity contribution in [1.29, 1.82) is 0 Å². The van der Waals surface area contributed by atoms with Crippen LogP contribution in [0.1, 0.15) is 57.4 Å². The molecule has 282 valence electrons. The van der Waals surface area contributed by atoms with Crippen molar-refractivity contribution >= 4 is 12.1 Å². The van der Waals surface area contributed by atoms with Crippen LogP contribution >= 0.6 is 0 Å². The SMILES string of the molecule is C=CCOC(=O)Oc1c(C)c2c(c3c1CC1[C@H]4c5c(cc(C)c(OC)c5OCOC)C[C@@H]([C@H](O)N1[C@H]3CNC(=O)CCc1ccccc1)N4C)OCO2. The Bertz CT molecular complexity index is 1880. The number of aryl methyl sites for hydroxylation is 2. The predicted molar refractivity (Wildman–Crippen MR) is 194 cm³/mol. The summed E-state index contributed by atoms with van der Waals surface area (Å²) in [5.74, 6) is 2.30. The van der Waals surface area contributed by atoms with Gasteiger partial charge in [0.25, 0.3) is 0 Å². The van der Waals surface area contributed by atoms with Crippen LogP contribution in [0, 0.1) is 13.8 Å². The Morgan fingerprint density at radius 3 is 2.55 bits per heavy atom. The van der Waals surface area contributed by atoms with E-state index in [0.717, 1.165) is 22.3 Å². The summed E-state index contributed by atoms with van der Waals surface area (Å²) in [4.78, 5) is 30.8. The smallest absolute Gasteiger partial charge is 0.493 e. The van der Waals surface area contributed by atoms with E-state index in [2.05, 4.69) is 27.8 Å². The van der Waals surface area contributed by atoms with Crippen LogP contribution in [0.4, 0.5) is 4.79 Å². The number of ether oxygens (including phenoxy) is 7. The van der Waals surface area contributed by atoms with E-state index >= 15 is 0 Å². The summed E-state index contributed by atoms with van der Waals surface area (Å²) in [5, 5.41) is 15.6. The molecule has 0 aliphatic carbocycles. The van der Waals surface area contributed by atoms with Crippen molar-refractivity contribution in [3.63, 3.8) is 0 Å². The molecule has 0 spiro atoms. The number of nitrogens with zero attached hydrogens (tertiary/aromatic N) is 2. The lowest BCUT2D eigenvalue weighted by Gasteiger charge is -2.60. The van der Waals surface area contributed by atoms with E-state index in [0.29, 0.717) is 64.7 Å². The lowest BCUT2D eigenvalue weighted by Crippen LogP contribution is -2.69. The van der Waals surface area contributed by atoms with Gasteiger partial charge in [-0.05, 0) is 56.8 Å². The monoisotopic (exact) mass is 729 g/mol. The summed E-state index contributed by atoms with van der Waals surface area (Å²) >= 11 is 0. The molecule has 0 saturated carbocycles. The molecule has 1 amide bonds. The lowest BCUT2D eigenvalue weighted by atomic mass is 9.73. The number of carbonyl (C=O) groups excluding carboxylic acids is 2. The molecule has 2 bridgehead atoms. The Balaban J connectivity index is 1.36. The number of aliphatic hydroxyl groups is 1. The van der Waals surface area contributed by atoms with E-state index in [9.17, 15) is 14.7 Å². The van der Waals surface area contributed by atoms with Crippen molar-refractivity contribution in [3.05, 3.63) is 88.0 Å². The number of benzene rings is 3. The maximum Gasteiger partial charge on any atom is 0.514 e. The van der Waals surface area contributed by atoms with E-state index < -0.39 is 24.5 Å². The highest BCUT2D eigenvalue weighted by atomic mass is 16.7. The van der Waals surface area contributed by atoms with Crippen LogP contribution in [-0.4, -0.2) is 93.3 Å². The van der Waals surface area contributed by atoms with E-state index in [1.54, 1.807) is 14.2 Å². The largest absolute Gasteiger partial charge is 0.514 e. The van der Waals surface area contributed by atoms with Crippen molar-refractivity contribution in [2.45, 2.75) is 69.9 Å². The standard InChI is InChI=1S/C40H47N3O10/c1-7-15-49-40(46)53-35-23(3)36-38(52-21-51-36)32-26(35)18-27-33-31-25(16-22(2)34(48-6)37(31)50-20-47-5)17-28(42(33)4)39(45)43(27)29(32)19-41-30(44)14-13-24-11-9-8-10-12-24/h7-12,16,27-29,33,39,45H,1,13-15,17-21H2,2-6H3,(H,41,44)/t27?,28-,29-,33-,39-/m0/s1. The molecule has 5 atom stereocenters. The van der Waals surface area contributed by atoms with Crippen LogP contribution in [0.15, 0.2) is 49.1 Å². The molecule has 53 heavy (non-hydrogen) atoms. The minimum absolute atomic E-state index is 0.0110. The second-order valence-corrected chi connectivity index (χ2v) is 13.9. The number of hydrogen-bond donors (Lipinski definition) is 2. The summed E-state index contributed by atoms with van der Waals surface area (Å²) in [5.41, 5.74) is 5.93. The molecule has 4 aliphatic rings. The summed E-state index contributed by atoms with van der Waals surface area (Å²) in [6.07, 6.45) is 1.38. The summed E-state index contributed by atoms with van der Waals surface area (Å²) in [6, 6.07) is 10.3. The fourth-order valence-corrected chi connectivity index (χ4v) is 8.66. The molecule has 4 aliphatic heterocycles. The molecule has 4 heterocycles. The quantitative estimate of drug-likeness (QED) is 0.116. The van der Waals surface area contributed by atoms with E-state index in [4.69, 9.17) is 33.2 Å². The number of fused-ring (bicyclic) bond motifs is 9. The Morgan fingerprint density at radius 2 is 1.81 bits per heavy atom. The zero-order valence-electron chi connectivity index (χ0n) is 30.8. The summed E-state index contributed by atoms with van der Waals surface area (Å²) < 4.78 is 40.9. The summed E-state index contributed by atoms with van der Waals surface area (Å²) in [6.45, 7) is 7.52. The van der Waals surface area contributed by atoms with Gasteiger partial charge in [0.15, 0.2) is 29.8 Å². The summed E-state index contributed by atoms with van der Waals surface area (Å²) in [7, 11) is 5.20. The molecule has 1 saturated heterocycles. The third-order valence-corrected chi connectivity index (χ3v) is 10.9. The number of piperazine rings is 1. The molecular weight excluding hydrogens is 682 g/mol. The molecule has 0 aromatic heterocycles. The first kappa shape index (κ1) is 36.5. The average molecular weight is 730 g/mol. The van der Waals surface area contributed by atoms with Crippen LogP contribution < -0.4 is 29.0 Å². The van der Waals surface area contributed by atoms with Gasteiger partial charge in [-0.25, -0.2) is 4.79 Å². The number of likely N-dealkylation sites (N-methyl/N-ethyl adjacent to an activating group) is 1. The minimum atomic E-state index is -0.944. The first-order chi connectivity index (χ1) is 25.7. The number of aliphatic hydroxyl groups excluding tert-OH is 1. The van der Waals surface area contributed by atoms with Crippen LogP contribution in [0.5, 0.6) is 28.7 Å². The Kier molecular flexibility index (Phi) is 10.5. The van der Waals surface area contributed by atoms with Crippen LogP contribution in [0.3, 0.4) is 0 Å². The van der Waals surface area contributed by atoms with Crippen molar-refractivity contribution < 1.29 is 47.9 Å². The minimum Gasteiger partial charge on any atom is -0.493 e. The molecule has 1 unspecified atom stereocenters. The maximum absolute atomic E-state index is 13.5. The number of nitrogens with one attached hydrogen (secondary N) is 1. The highest BCUT2D eigenvalue weighted by molar-refractivity contribution is 5.76. The number of rotatable bonds is 12. The Morgan fingerprint density at radius 1 is 1.04 bits per heavy atom. The van der Waals surface area contributed by atoms with Crippen molar-refractivity contribution in [2.24, 2.45) is 0 Å². The molecule has 0 radical (unpaired) electrons. The number of amides is 1.